The molecule has 1 heterocycles. The van der Waals surface area contributed by atoms with Gasteiger partial charge in [0.25, 0.3) is 0 Å². The van der Waals surface area contributed by atoms with Gasteiger partial charge in [0.1, 0.15) is 17.4 Å². The third kappa shape index (κ3) is 3.53. The zero-order chi connectivity index (χ0) is 16.9. The lowest BCUT2D eigenvalue weighted by molar-refractivity contribution is 0.259. The van der Waals surface area contributed by atoms with Gasteiger partial charge in [0.05, 0.1) is 12.8 Å². The monoisotopic (exact) mass is 327 g/mol. The SMILES string of the molecule is COc1cccc(NC(=O)N(C2=NCCC2)c2cccc(F)c2)c1. The summed E-state index contributed by atoms with van der Waals surface area (Å²) in [6.45, 7) is 0.674. The van der Waals surface area contributed by atoms with E-state index in [0.29, 0.717) is 35.9 Å². The maximum absolute atomic E-state index is 13.6. The summed E-state index contributed by atoms with van der Waals surface area (Å²) in [5.41, 5.74) is 1.05. The molecule has 0 saturated carbocycles. The van der Waals surface area contributed by atoms with Crippen LogP contribution in [0.3, 0.4) is 0 Å². The Morgan fingerprint density at radius 3 is 2.79 bits per heavy atom. The van der Waals surface area contributed by atoms with Gasteiger partial charge in [-0.3, -0.25) is 9.89 Å². The lowest BCUT2D eigenvalue weighted by atomic mass is 10.2. The number of rotatable bonds is 3. The van der Waals surface area contributed by atoms with Crippen LogP contribution in [0.1, 0.15) is 12.8 Å². The second-order valence-electron chi connectivity index (χ2n) is 5.38. The van der Waals surface area contributed by atoms with E-state index in [1.807, 2.05) is 0 Å². The lowest BCUT2D eigenvalue weighted by Crippen LogP contribution is -2.39. The highest BCUT2D eigenvalue weighted by Gasteiger charge is 2.24. The van der Waals surface area contributed by atoms with Crippen molar-refractivity contribution < 1.29 is 13.9 Å². The maximum Gasteiger partial charge on any atom is 0.331 e. The Bertz CT molecular complexity index is 776. The number of urea groups is 1. The van der Waals surface area contributed by atoms with Crippen molar-refractivity contribution in [1.82, 2.24) is 0 Å². The fourth-order valence-electron chi connectivity index (χ4n) is 2.59. The predicted molar refractivity (Wildman–Crippen MR) is 92.4 cm³/mol. The van der Waals surface area contributed by atoms with E-state index in [2.05, 4.69) is 10.3 Å². The molecule has 2 aromatic carbocycles. The van der Waals surface area contributed by atoms with Crippen molar-refractivity contribution in [2.45, 2.75) is 12.8 Å². The molecule has 2 amide bonds. The molecule has 0 aliphatic carbocycles. The molecule has 0 aromatic heterocycles. The van der Waals surface area contributed by atoms with Gasteiger partial charge < -0.3 is 10.1 Å². The van der Waals surface area contributed by atoms with Crippen LogP contribution in [0, 0.1) is 5.82 Å². The Morgan fingerprint density at radius 2 is 2.08 bits per heavy atom. The van der Waals surface area contributed by atoms with Crippen LogP contribution in [-0.2, 0) is 0 Å². The van der Waals surface area contributed by atoms with Crippen molar-refractivity contribution in [1.29, 1.82) is 0 Å². The summed E-state index contributed by atoms with van der Waals surface area (Å²) in [6, 6.07) is 12.6. The van der Waals surface area contributed by atoms with Gasteiger partial charge >= 0.3 is 6.03 Å². The van der Waals surface area contributed by atoms with Gasteiger partial charge in [-0.2, -0.15) is 0 Å². The Balaban J connectivity index is 1.88. The molecule has 3 rings (SSSR count). The average molecular weight is 327 g/mol. The third-order valence-electron chi connectivity index (χ3n) is 3.70. The highest BCUT2D eigenvalue weighted by atomic mass is 19.1. The molecule has 6 heteroatoms. The zero-order valence-electron chi connectivity index (χ0n) is 13.3. The number of nitrogens with one attached hydrogen (secondary N) is 1. The van der Waals surface area contributed by atoms with E-state index in [1.165, 1.54) is 17.0 Å². The van der Waals surface area contributed by atoms with Gasteiger partial charge in [-0.25, -0.2) is 9.18 Å². The first-order valence-electron chi connectivity index (χ1n) is 7.71. The maximum atomic E-state index is 13.6. The van der Waals surface area contributed by atoms with Crippen LogP contribution in [0.15, 0.2) is 53.5 Å². The molecule has 0 atom stereocenters. The summed E-state index contributed by atoms with van der Waals surface area (Å²) in [6.07, 6.45) is 1.57. The second-order valence-corrected chi connectivity index (χ2v) is 5.38. The van der Waals surface area contributed by atoms with Crippen LogP contribution in [-0.4, -0.2) is 25.5 Å². The molecule has 0 bridgehead atoms. The third-order valence-corrected chi connectivity index (χ3v) is 3.70. The molecule has 1 aliphatic rings. The van der Waals surface area contributed by atoms with Crippen LogP contribution in [0.2, 0.25) is 0 Å². The smallest absolute Gasteiger partial charge is 0.331 e. The Hall–Kier alpha value is -2.89. The number of ether oxygens (including phenoxy) is 1. The minimum atomic E-state index is -0.398. The number of benzene rings is 2. The first-order valence-corrected chi connectivity index (χ1v) is 7.71. The quantitative estimate of drug-likeness (QED) is 0.924. The molecule has 0 unspecified atom stereocenters. The largest absolute Gasteiger partial charge is 0.497 e. The number of anilines is 2. The normalized spacial score (nSPS) is 13.3. The summed E-state index contributed by atoms with van der Waals surface area (Å²) in [4.78, 5) is 18.6. The Labute approximate surface area is 139 Å². The molecule has 0 saturated heterocycles. The summed E-state index contributed by atoms with van der Waals surface area (Å²) in [7, 11) is 1.56. The van der Waals surface area contributed by atoms with Gasteiger partial charge in [-0.15, -0.1) is 0 Å². The van der Waals surface area contributed by atoms with Crippen molar-refractivity contribution in [2.75, 3.05) is 23.9 Å². The van der Waals surface area contributed by atoms with E-state index in [4.69, 9.17) is 4.74 Å². The Kier molecular flexibility index (Phi) is 4.74. The minimum Gasteiger partial charge on any atom is -0.497 e. The van der Waals surface area contributed by atoms with Crippen molar-refractivity contribution in [3.8, 4) is 5.75 Å². The van der Waals surface area contributed by atoms with Crippen molar-refractivity contribution in [2.24, 2.45) is 4.99 Å². The molecule has 0 spiro atoms. The van der Waals surface area contributed by atoms with Gasteiger partial charge in [-0.1, -0.05) is 12.1 Å². The second kappa shape index (κ2) is 7.12. The number of hydrogen-bond acceptors (Lipinski definition) is 3. The van der Waals surface area contributed by atoms with Gasteiger partial charge in [0, 0.05) is 24.7 Å². The lowest BCUT2D eigenvalue weighted by Gasteiger charge is -2.23. The van der Waals surface area contributed by atoms with Crippen molar-refractivity contribution in [3.05, 3.63) is 54.3 Å². The summed E-state index contributed by atoms with van der Waals surface area (Å²) in [5, 5.41) is 2.82. The standard InChI is InChI=1S/C18H18FN3O2/c1-24-16-8-3-6-14(12-16)21-18(23)22(17-9-4-10-20-17)15-7-2-5-13(19)11-15/h2-3,5-8,11-12H,4,9-10H2,1H3,(H,21,23). The van der Waals surface area contributed by atoms with E-state index in [1.54, 1.807) is 43.5 Å². The van der Waals surface area contributed by atoms with Crippen LogP contribution < -0.4 is 15.0 Å². The first-order chi connectivity index (χ1) is 11.7. The highest BCUT2D eigenvalue weighted by molar-refractivity contribution is 6.20. The molecule has 124 valence electrons. The average Bonchev–Trinajstić information content (AvgIpc) is 3.09. The van der Waals surface area contributed by atoms with E-state index in [9.17, 15) is 9.18 Å². The molecule has 24 heavy (non-hydrogen) atoms. The molecule has 5 nitrogen and oxygen atoms in total. The number of carbonyl (C=O) groups excluding carboxylic acids is 1. The van der Waals surface area contributed by atoms with Crippen LogP contribution in [0.25, 0.3) is 0 Å². The number of methoxy groups -OCH3 is 1. The molecule has 0 radical (unpaired) electrons. The molecule has 0 fully saturated rings. The molecular weight excluding hydrogens is 309 g/mol. The summed E-state index contributed by atoms with van der Waals surface area (Å²) in [5.74, 6) is 0.884. The van der Waals surface area contributed by atoms with E-state index in [0.717, 1.165) is 6.42 Å². The number of nitrogens with zero attached hydrogens (tertiary/aromatic N) is 2. The molecule has 1 N–H and O–H groups in total. The fraction of sp³-hybridized carbons (Fsp3) is 0.222. The first kappa shape index (κ1) is 16.0. The Morgan fingerprint density at radius 1 is 1.25 bits per heavy atom. The highest BCUT2D eigenvalue weighted by Crippen LogP contribution is 2.23. The van der Waals surface area contributed by atoms with E-state index < -0.39 is 5.82 Å². The van der Waals surface area contributed by atoms with Gasteiger partial charge in [0.2, 0.25) is 0 Å². The van der Waals surface area contributed by atoms with Crippen molar-refractivity contribution in [3.63, 3.8) is 0 Å². The molecule has 1 aliphatic heterocycles. The number of amidine groups is 1. The van der Waals surface area contributed by atoms with Crippen LogP contribution in [0.5, 0.6) is 5.75 Å². The predicted octanol–water partition coefficient (Wildman–Crippen LogP) is 4.07. The number of amides is 2. The van der Waals surface area contributed by atoms with E-state index >= 15 is 0 Å². The van der Waals surface area contributed by atoms with Crippen LogP contribution >= 0.6 is 0 Å². The van der Waals surface area contributed by atoms with E-state index in [-0.39, 0.29) is 6.03 Å². The number of carbonyl (C=O) groups is 1. The van der Waals surface area contributed by atoms with Gasteiger partial charge in [-0.05, 0) is 36.8 Å². The molecular formula is C18H18FN3O2. The number of halogens is 1. The number of aliphatic imine (C=N–C) groups is 1. The number of hydrogen-bond donors (Lipinski definition) is 1. The minimum absolute atomic E-state index is 0.380. The van der Waals surface area contributed by atoms with Gasteiger partial charge in [0.15, 0.2) is 0 Å². The summed E-state index contributed by atoms with van der Waals surface area (Å²) < 4.78 is 18.7. The molecule has 2 aromatic rings. The zero-order valence-corrected chi connectivity index (χ0v) is 13.3. The fourth-order valence-corrected chi connectivity index (χ4v) is 2.59. The topological polar surface area (TPSA) is 53.9 Å². The van der Waals surface area contributed by atoms with Crippen LogP contribution in [0.4, 0.5) is 20.6 Å². The van der Waals surface area contributed by atoms with Crippen molar-refractivity contribution >= 4 is 23.2 Å². The summed E-state index contributed by atoms with van der Waals surface area (Å²) >= 11 is 0.